The van der Waals surface area contributed by atoms with Gasteiger partial charge in [-0.2, -0.15) is 4.98 Å². The second kappa shape index (κ2) is 7.51. The van der Waals surface area contributed by atoms with Crippen LogP contribution in [0.4, 0.5) is 5.69 Å². The van der Waals surface area contributed by atoms with Crippen molar-refractivity contribution in [2.75, 3.05) is 5.32 Å². The summed E-state index contributed by atoms with van der Waals surface area (Å²) in [5.41, 5.74) is 4.78. The van der Waals surface area contributed by atoms with Crippen molar-refractivity contribution in [3.8, 4) is 11.4 Å². The third-order valence-electron chi connectivity index (χ3n) is 4.29. The van der Waals surface area contributed by atoms with Gasteiger partial charge >= 0.3 is 0 Å². The SMILES string of the molecule is CC(C)c1cccc(C(C)C)c1NCc1nc(-c2ccccc2)no1. The molecule has 25 heavy (non-hydrogen) atoms. The molecule has 130 valence electrons. The monoisotopic (exact) mass is 335 g/mol. The lowest BCUT2D eigenvalue weighted by Gasteiger charge is -2.20. The van der Waals surface area contributed by atoms with Gasteiger partial charge in [-0.25, -0.2) is 0 Å². The molecule has 0 radical (unpaired) electrons. The van der Waals surface area contributed by atoms with Crippen molar-refractivity contribution in [1.82, 2.24) is 10.1 Å². The molecule has 1 heterocycles. The molecule has 0 aliphatic rings. The fourth-order valence-electron chi connectivity index (χ4n) is 2.95. The molecule has 3 rings (SSSR count). The summed E-state index contributed by atoms with van der Waals surface area (Å²) in [6.45, 7) is 9.37. The summed E-state index contributed by atoms with van der Waals surface area (Å²) in [5, 5.41) is 7.62. The topological polar surface area (TPSA) is 51.0 Å². The summed E-state index contributed by atoms with van der Waals surface area (Å²) in [7, 11) is 0. The quantitative estimate of drug-likeness (QED) is 0.637. The van der Waals surface area contributed by atoms with Gasteiger partial charge in [-0.05, 0) is 23.0 Å². The minimum Gasteiger partial charge on any atom is -0.376 e. The van der Waals surface area contributed by atoms with E-state index < -0.39 is 0 Å². The van der Waals surface area contributed by atoms with E-state index in [0.717, 1.165) is 5.56 Å². The predicted octanol–water partition coefficient (Wildman–Crippen LogP) is 5.60. The van der Waals surface area contributed by atoms with Gasteiger partial charge in [-0.1, -0.05) is 81.4 Å². The number of hydrogen-bond donors (Lipinski definition) is 1. The zero-order chi connectivity index (χ0) is 17.8. The summed E-state index contributed by atoms with van der Waals surface area (Å²) < 4.78 is 5.42. The molecule has 2 aromatic carbocycles. The van der Waals surface area contributed by atoms with Gasteiger partial charge in [-0.15, -0.1) is 0 Å². The summed E-state index contributed by atoms with van der Waals surface area (Å²) in [6, 6.07) is 16.4. The Bertz CT molecular complexity index is 796. The number of nitrogens with zero attached hydrogens (tertiary/aromatic N) is 2. The van der Waals surface area contributed by atoms with Gasteiger partial charge < -0.3 is 9.84 Å². The van der Waals surface area contributed by atoms with Gasteiger partial charge in [0.15, 0.2) is 0 Å². The maximum atomic E-state index is 5.42. The second-order valence-corrected chi connectivity index (χ2v) is 6.85. The Kier molecular flexibility index (Phi) is 5.17. The number of aromatic nitrogens is 2. The molecule has 0 spiro atoms. The summed E-state index contributed by atoms with van der Waals surface area (Å²) in [4.78, 5) is 4.50. The van der Waals surface area contributed by atoms with E-state index in [4.69, 9.17) is 4.52 Å². The van der Waals surface area contributed by atoms with Gasteiger partial charge in [0, 0.05) is 11.3 Å². The van der Waals surface area contributed by atoms with Crippen molar-refractivity contribution in [1.29, 1.82) is 0 Å². The Morgan fingerprint density at radius 2 is 1.52 bits per heavy atom. The molecule has 1 aromatic heterocycles. The lowest BCUT2D eigenvalue weighted by molar-refractivity contribution is 0.384. The normalized spacial score (nSPS) is 11.3. The first kappa shape index (κ1) is 17.2. The highest BCUT2D eigenvalue weighted by atomic mass is 16.5. The smallest absolute Gasteiger partial charge is 0.246 e. The molecule has 1 N–H and O–H groups in total. The van der Waals surface area contributed by atoms with Gasteiger partial charge in [-0.3, -0.25) is 0 Å². The molecule has 0 saturated carbocycles. The molecule has 0 unspecified atom stereocenters. The van der Waals surface area contributed by atoms with Crippen LogP contribution in [0, 0.1) is 0 Å². The number of benzene rings is 2. The Balaban J connectivity index is 1.81. The summed E-state index contributed by atoms with van der Waals surface area (Å²) in [5.74, 6) is 2.11. The zero-order valence-corrected chi connectivity index (χ0v) is 15.3. The van der Waals surface area contributed by atoms with E-state index in [9.17, 15) is 0 Å². The van der Waals surface area contributed by atoms with Crippen LogP contribution < -0.4 is 5.32 Å². The van der Waals surface area contributed by atoms with Crippen LogP contribution in [0.3, 0.4) is 0 Å². The maximum absolute atomic E-state index is 5.42. The fourth-order valence-corrected chi connectivity index (χ4v) is 2.95. The fraction of sp³-hybridized carbons (Fsp3) is 0.333. The van der Waals surface area contributed by atoms with E-state index in [2.05, 4.69) is 61.4 Å². The minimum atomic E-state index is 0.448. The van der Waals surface area contributed by atoms with Crippen LogP contribution in [-0.2, 0) is 6.54 Å². The zero-order valence-electron chi connectivity index (χ0n) is 15.3. The molecule has 0 aliphatic carbocycles. The van der Waals surface area contributed by atoms with Gasteiger partial charge in [0.05, 0.1) is 6.54 Å². The molecule has 0 atom stereocenters. The van der Waals surface area contributed by atoms with Gasteiger partial charge in [0.1, 0.15) is 0 Å². The Labute approximate surface area is 149 Å². The Hall–Kier alpha value is -2.62. The molecule has 0 saturated heterocycles. The van der Waals surface area contributed by atoms with Crippen molar-refractivity contribution in [3.05, 3.63) is 65.5 Å². The molecule has 4 nitrogen and oxygen atoms in total. The van der Waals surface area contributed by atoms with Crippen molar-refractivity contribution in [2.45, 2.75) is 46.1 Å². The van der Waals surface area contributed by atoms with Crippen LogP contribution >= 0.6 is 0 Å². The summed E-state index contributed by atoms with van der Waals surface area (Å²) in [6.07, 6.45) is 0. The van der Waals surface area contributed by atoms with Crippen LogP contribution in [-0.4, -0.2) is 10.1 Å². The maximum Gasteiger partial charge on any atom is 0.246 e. The van der Waals surface area contributed by atoms with Gasteiger partial charge in [0.25, 0.3) is 0 Å². The Morgan fingerprint density at radius 1 is 0.880 bits per heavy atom. The van der Waals surface area contributed by atoms with Crippen LogP contribution in [0.1, 0.15) is 56.5 Å². The molecule has 4 heteroatoms. The average Bonchev–Trinajstić information content (AvgIpc) is 3.09. The largest absolute Gasteiger partial charge is 0.376 e. The average molecular weight is 335 g/mol. The molecular formula is C21H25N3O. The van der Waals surface area contributed by atoms with E-state index in [1.54, 1.807) is 0 Å². The summed E-state index contributed by atoms with van der Waals surface area (Å²) >= 11 is 0. The van der Waals surface area contributed by atoms with E-state index >= 15 is 0 Å². The highest BCUT2D eigenvalue weighted by Gasteiger charge is 2.15. The van der Waals surface area contributed by atoms with Crippen LogP contribution in [0.15, 0.2) is 53.1 Å². The first-order chi connectivity index (χ1) is 12.1. The van der Waals surface area contributed by atoms with E-state index in [1.807, 2.05) is 30.3 Å². The molecule has 3 aromatic rings. The number of nitrogens with one attached hydrogen (secondary N) is 1. The minimum absolute atomic E-state index is 0.448. The Morgan fingerprint density at radius 3 is 2.12 bits per heavy atom. The first-order valence-electron chi connectivity index (χ1n) is 8.81. The van der Waals surface area contributed by atoms with Crippen LogP contribution in [0.5, 0.6) is 0 Å². The third-order valence-corrected chi connectivity index (χ3v) is 4.29. The van der Waals surface area contributed by atoms with Gasteiger partial charge in [0.2, 0.25) is 11.7 Å². The van der Waals surface area contributed by atoms with E-state index in [-0.39, 0.29) is 0 Å². The number of rotatable bonds is 6. The highest BCUT2D eigenvalue weighted by Crippen LogP contribution is 2.32. The van der Waals surface area contributed by atoms with Crippen LogP contribution in [0.25, 0.3) is 11.4 Å². The molecule has 0 fully saturated rings. The van der Waals surface area contributed by atoms with E-state index in [1.165, 1.54) is 16.8 Å². The number of anilines is 1. The third kappa shape index (κ3) is 3.90. The van der Waals surface area contributed by atoms with Crippen molar-refractivity contribution < 1.29 is 4.52 Å². The van der Waals surface area contributed by atoms with E-state index in [0.29, 0.717) is 30.1 Å². The lowest BCUT2D eigenvalue weighted by atomic mass is 9.92. The molecule has 0 aliphatic heterocycles. The lowest BCUT2D eigenvalue weighted by Crippen LogP contribution is -2.08. The molecular weight excluding hydrogens is 310 g/mol. The number of para-hydroxylation sites is 1. The standard InChI is InChI=1S/C21H25N3O/c1-14(2)17-11-8-12-18(15(3)4)20(17)22-13-19-23-21(24-25-19)16-9-6-5-7-10-16/h5-12,14-15,22H,13H2,1-4H3. The van der Waals surface area contributed by atoms with Crippen molar-refractivity contribution in [3.63, 3.8) is 0 Å². The molecule has 0 amide bonds. The predicted molar refractivity (Wildman–Crippen MR) is 102 cm³/mol. The highest BCUT2D eigenvalue weighted by molar-refractivity contribution is 5.60. The number of hydrogen-bond acceptors (Lipinski definition) is 4. The van der Waals surface area contributed by atoms with Crippen molar-refractivity contribution in [2.24, 2.45) is 0 Å². The molecule has 0 bridgehead atoms. The van der Waals surface area contributed by atoms with Crippen molar-refractivity contribution >= 4 is 5.69 Å². The van der Waals surface area contributed by atoms with Crippen LogP contribution in [0.2, 0.25) is 0 Å². The second-order valence-electron chi connectivity index (χ2n) is 6.85. The first-order valence-corrected chi connectivity index (χ1v) is 8.81.